The van der Waals surface area contributed by atoms with Crippen molar-refractivity contribution >= 4 is 0 Å². The summed E-state index contributed by atoms with van der Waals surface area (Å²) in [6.45, 7) is 6.07. The molecule has 2 rings (SSSR count). The minimum atomic E-state index is -0.437. The van der Waals surface area contributed by atoms with Gasteiger partial charge < -0.3 is 5.11 Å². The van der Waals surface area contributed by atoms with Crippen molar-refractivity contribution < 1.29 is 5.11 Å². The van der Waals surface area contributed by atoms with Gasteiger partial charge >= 0.3 is 0 Å². The molecule has 0 bridgehead atoms. The van der Waals surface area contributed by atoms with E-state index in [2.05, 4.69) is 44.2 Å². The number of aliphatic hydroxyl groups is 1. The van der Waals surface area contributed by atoms with Crippen LogP contribution in [0.15, 0.2) is 42.5 Å². The fourth-order valence-electron chi connectivity index (χ4n) is 2.34. The van der Waals surface area contributed by atoms with Gasteiger partial charge in [0.25, 0.3) is 0 Å². The van der Waals surface area contributed by atoms with Crippen molar-refractivity contribution in [1.29, 1.82) is 0 Å². The largest absolute Gasteiger partial charge is 0.389 e. The van der Waals surface area contributed by atoms with Gasteiger partial charge in [0.15, 0.2) is 0 Å². The highest BCUT2D eigenvalue weighted by molar-refractivity contribution is 5.71. The van der Waals surface area contributed by atoms with E-state index in [0.29, 0.717) is 0 Å². The van der Waals surface area contributed by atoms with Crippen LogP contribution < -0.4 is 0 Å². The molecule has 1 atom stereocenters. The van der Waals surface area contributed by atoms with Crippen molar-refractivity contribution in [3.05, 3.63) is 59.2 Å². The molecular formula is C17H20O. The van der Waals surface area contributed by atoms with Crippen molar-refractivity contribution in [2.75, 3.05) is 0 Å². The first-order valence-corrected chi connectivity index (χ1v) is 6.50. The Morgan fingerprint density at radius 3 is 2.28 bits per heavy atom. The van der Waals surface area contributed by atoms with Gasteiger partial charge in [-0.3, -0.25) is 0 Å². The van der Waals surface area contributed by atoms with Crippen molar-refractivity contribution in [3.8, 4) is 11.1 Å². The molecule has 0 amide bonds. The Bertz CT molecular complexity index is 524. The molecule has 1 N–H and O–H groups in total. The maximum atomic E-state index is 9.94. The van der Waals surface area contributed by atoms with E-state index in [0.717, 1.165) is 12.0 Å². The number of benzene rings is 2. The van der Waals surface area contributed by atoms with Crippen molar-refractivity contribution in [2.24, 2.45) is 0 Å². The zero-order valence-corrected chi connectivity index (χ0v) is 11.3. The van der Waals surface area contributed by atoms with Gasteiger partial charge in [-0.05, 0) is 42.5 Å². The van der Waals surface area contributed by atoms with E-state index in [9.17, 15) is 5.11 Å². The summed E-state index contributed by atoms with van der Waals surface area (Å²) in [5, 5.41) is 9.94. The Balaban J connectivity index is 2.63. The molecule has 1 nitrogen and oxygen atoms in total. The van der Waals surface area contributed by atoms with Crippen LogP contribution in [0.2, 0.25) is 0 Å². The van der Waals surface area contributed by atoms with Gasteiger partial charge in [-0.1, -0.05) is 55.0 Å². The second-order valence-corrected chi connectivity index (χ2v) is 4.78. The molecule has 0 saturated heterocycles. The Morgan fingerprint density at radius 1 is 1.06 bits per heavy atom. The number of hydrogen-bond donors (Lipinski definition) is 1. The van der Waals surface area contributed by atoms with Gasteiger partial charge in [-0.2, -0.15) is 0 Å². The van der Waals surface area contributed by atoms with Gasteiger partial charge in [0.2, 0.25) is 0 Å². The molecule has 0 aliphatic rings. The lowest BCUT2D eigenvalue weighted by atomic mass is 9.90. The minimum Gasteiger partial charge on any atom is -0.389 e. The molecule has 0 saturated carbocycles. The summed E-state index contributed by atoms with van der Waals surface area (Å²) < 4.78 is 0. The first-order valence-electron chi connectivity index (χ1n) is 6.50. The van der Waals surface area contributed by atoms with Gasteiger partial charge in [-0.25, -0.2) is 0 Å². The van der Waals surface area contributed by atoms with Crippen LogP contribution >= 0.6 is 0 Å². The average Bonchev–Trinajstić information content (AvgIpc) is 2.38. The molecule has 0 radical (unpaired) electrons. The lowest BCUT2D eigenvalue weighted by Crippen LogP contribution is -1.99. The highest BCUT2D eigenvalue weighted by atomic mass is 16.3. The zero-order chi connectivity index (χ0) is 13.1. The normalized spacial score (nSPS) is 12.4. The number of hydrogen-bond acceptors (Lipinski definition) is 1. The molecule has 2 aromatic rings. The van der Waals surface area contributed by atoms with Gasteiger partial charge in [0, 0.05) is 0 Å². The highest BCUT2D eigenvalue weighted by Gasteiger charge is 2.12. The van der Waals surface area contributed by atoms with E-state index >= 15 is 0 Å². The molecule has 0 aliphatic heterocycles. The minimum absolute atomic E-state index is 0.437. The van der Waals surface area contributed by atoms with Gasteiger partial charge in [0.1, 0.15) is 0 Å². The highest BCUT2D eigenvalue weighted by Crippen LogP contribution is 2.32. The van der Waals surface area contributed by atoms with Gasteiger partial charge in [-0.15, -0.1) is 0 Å². The number of aryl methyl sites for hydroxylation is 2. The number of aliphatic hydroxyl groups excluding tert-OH is 1. The summed E-state index contributed by atoms with van der Waals surface area (Å²) in [5.41, 5.74) is 5.94. The van der Waals surface area contributed by atoms with Crippen LogP contribution in [-0.2, 0) is 6.42 Å². The predicted octanol–water partition coefficient (Wildman–Crippen LogP) is 4.28. The van der Waals surface area contributed by atoms with Crippen LogP contribution in [-0.4, -0.2) is 5.11 Å². The van der Waals surface area contributed by atoms with Gasteiger partial charge in [0.05, 0.1) is 6.10 Å². The van der Waals surface area contributed by atoms with Crippen LogP contribution in [0.5, 0.6) is 0 Å². The third-order valence-electron chi connectivity index (χ3n) is 3.35. The van der Waals surface area contributed by atoms with Crippen molar-refractivity contribution in [1.82, 2.24) is 0 Å². The molecule has 0 aliphatic carbocycles. The summed E-state index contributed by atoms with van der Waals surface area (Å²) in [5.74, 6) is 0. The van der Waals surface area contributed by atoms with E-state index in [-0.39, 0.29) is 0 Å². The third kappa shape index (κ3) is 2.46. The first-order chi connectivity index (χ1) is 8.63. The van der Waals surface area contributed by atoms with E-state index in [1.54, 1.807) is 0 Å². The fraction of sp³-hybridized carbons (Fsp3) is 0.294. The molecular weight excluding hydrogens is 220 g/mol. The van der Waals surface area contributed by atoms with Crippen LogP contribution in [0.3, 0.4) is 0 Å². The second-order valence-electron chi connectivity index (χ2n) is 4.78. The zero-order valence-electron chi connectivity index (χ0n) is 11.3. The molecule has 2 aromatic carbocycles. The quantitative estimate of drug-likeness (QED) is 0.849. The van der Waals surface area contributed by atoms with Crippen LogP contribution in [0.25, 0.3) is 11.1 Å². The first kappa shape index (κ1) is 12.8. The van der Waals surface area contributed by atoms with Crippen LogP contribution in [0, 0.1) is 6.92 Å². The van der Waals surface area contributed by atoms with E-state index in [1.165, 1.54) is 22.3 Å². The molecule has 18 heavy (non-hydrogen) atoms. The third-order valence-corrected chi connectivity index (χ3v) is 3.35. The maximum absolute atomic E-state index is 9.94. The molecule has 0 spiro atoms. The topological polar surface area (TPSA) is 20.2 Å². The standard InChI is InChI=1S/C17H20O/c1-4-14-6-5-7-16(13(3)18)17(14)15-10-8-12(2)9-11-15/h5-11,13,18H,4H2,1-3H3. The maximum Gasteiger partial charge on any atom is 0.0768 e. The Morgan fingerprint density at radius 2 is 1.72 bits per heavy atom. The molecule has 0 heterocycles. The lowest BCUT2D eigenvalue weighted by Gasteiger charge is -2.16. The van der Waals surface area contributed by atoms with E-state index in [4.69, 9.17) is 0 Å². The Hall–Kier alpha value is -1.60. The summed E-state index contributed by atoms with van der Waals surface area (Å²) in [4.78, 5) is 0. The van der Waals surface area contributed by atoms with Crippen LogP contribution in [0.1, 0.15) is 36.6 Å². The fourth-order valence-corrected chi connectivity index (χ4v) is 2.34. The molecule has 1 heteroatoms. The predicted molar refractivity (Wildman–Crippen MR) is 76.6 cm³/mol. The van der Waals surface area contributed by atoms with E-state index in [1.807, 2.05) is 19.1 Å². The Labute approximate surface area is 109 Å². The van der Waals surface area contributed by atoms with Crippen molar-refractivity contribution in [2.45, 2.75) is 33.3 Å². The van der Waals surface area contributed by atoms with E-state index < -0.39 is 6.10 Å². The average molecular weight is 240 g/mol. The summed E-state index contributed by atoms with van der Waals surface area (Å²) >= 11 is 0. The van der Waals surface area contributed by atoms with Crippen molar-refractivity contribution in [3.63, 3.8) is 0 Å². The smallest absolute Gasteiger partial charge is 0.0768 e. The molecule has 0 fully saturated rings. The molecule has 94 valence electrons. The van der Waals surface area contributed by atoms with Crippen LogP contribution in [0.4, 0.5) is 0 Å². The Kier molecular flexibility index (Phi) is 3.83. The summed E-state index contributed by atoms with van der Waals surface area (Å²) in [7, 11) is 0. The SMILES string of the molecule is CCc1cccc(C(C)O)c1-c1ccc(C)cc1. The summed E-state index contributed by atoms with van der Waals surface area (Å²) in [6.07, 6.45) is 0.539. The second kappa shape index (κ2) is 5.36. The molecule has 0 aromatic heterocycles. The molecule has 1 unspecified atom stereocenters. The summed E-state index contributed by atoms with van der Waals surface area (Å²) in [6, 6.07) is 14.7. The monoisotopic (exact) mass is 240 g/mol. The number of rotatable bonds is 3. The lowest BCUT2D eigenvalue weighted by molar-refractivity contribution is 0.200.